The number of sulfonamides is 1. The Morgan fingerprint density at radius 1 is 1.43 bits per heavy atom. The lowest BCUT2D eigenvalue weighted by molar-refractivity contribution is -0.118. The Morgan fingerprint density at radius 3 is 2.43 bits per heavy atom. The SMILES string of the molecule is CN(CC(N)=O)S(=O)(=O)CCCCCl. The summed E-state index contributed by atoms with van der Waals surface area (Å²) in [6.45, 7) is -0.275. The van der Waals surface area contributed by atoms with Crippen molar-refractivity contribution in [2.24, 2.45) is 5.73 Å². The molecule has 0 aromatic heterocycles. The summed E-state index contributed by atoms with van der Waals surface area (Å²) >= 11 is 5.41. The molecule has 0 bridgehead atoms. The number of likely N-dealkylation sites (N-methyl/N-ethyl adjacent to an activating group) is 1. The first-order valence-corrected chi connectivity index (χ1v) is 6.33. The van der Waals surface area contributed by atoms with Gasteiger partial charge in [-0.05, 0) is 12.8 Å². The molecule has 1 amide bonds. The molecule has 0 atom stereocenters. The third-order valence-corrected chi connectivity index (χ3v) is 3.79. The molecule has 0 heterocycles. The van der Waals surface area contributed by atoms with Crippen LogP contribution in [0, 0.1) is 0 Å². The zero-order chi connectivity index (χ0) is 11.2. The normalized spacial score (nSPS) is 11.9. The minimum atomic E-state index is -3.35. The Morgan fingerprint density at radius 2 is 2.00 bits per heavy atom. The number of rotatable bonds is 7. The van der Waals surface area contributed by atoms with Crippen molar-refractivity contribution in [3.63, 3.8) is 0 Å². The van der Waals surface area contributed by atoms with Gasteiger partial charge in [0.25, 0.3) is 0 Å². The van der Waals surface area contributed by atoms with Crippen LogP contribution in [-0.4, -0.2) is 43.9 Å². The van der Waals surface area contributed by atoms with Crippen LogP contribution < -0.4 is 5.73 Å². The fraction of sp³-hybridized carbons (Fsp3) is 0.857. The van der Waals surface area contributed by atoms with Crippen LogP contribution in [0.5, 0.6) is 0 Å². The van der Waals surface area contributed by atoms with Crippen LogP contribution in [0.4, 0.5) is 0 Å². The molecule has 14 heavy (non-hydrogen) atoms. The van der Waals surface area contributed by atoms with Crippen molar-refractivity contribution >= 4 is 27.5 Å². The number of halogens is 1. The van der Waals surface area contributed by atoms with Gasteiger partial charge in [-0.1, -0.05) is 0 Å². The molecule has 0 radical (unpaired) electrons. The summed E-state index contributed by atoms with van der Waals surface area (Å²) in [6, 6.07) is 0. The van der Waals surface area contributed by atoms with Gasteiger partial charge >= 0.3 is 0 Å². The maximum Gasteiger partial charge on any atom is 0.232 e. The molecule has 84 valence electrons. The van der Waals surface area contributed by atoms with E-state index in [9.17, 15) is 13.2 Å². The monoisotopic (exact) mass is 242 g/mol. The fourth-order valence-electron chi connectivity index (χ4n) is 0.853. The number of carbonyl (C=O) groups is 1. The molecule has 0 rings (SSSR count). The summed E-state index contributed by atoms with van der Waals surface area (Å²) in [5.74, 6) is -0.216. The maximum atomic E-state index is 11.4. The highest BCUT2D eigenvalue weighted by molar-refractivity contribution is 7.89. The fourth-order valence-corrected chi connectivity index (χ4v) is 2.25. The van der Waals surface area contributed by atoms with Gasteiger partial charge in [-0.25, -0.2) is 8.42 Å². The standard InChI is InChI=1S/C7H15ClN2O3S/c1-10(6-7(9)11)14(12,13)5-3-2-4-8/h2-6H2,1H3,(H2,9,11). The average molecular weight is 243 g/mol. The molecular weight excluding hydrogens is 228 g/mol. The van der Waals surface area contributed by atoms with Crippen molar-refractivity contribution in [2.45, 2.75) is 12.8 Å². The molecule has 0 unspecified atom stereocenters. The molecule has 0 aliphatic rings. The lowest BCUT2D eigenvalue weighted by atomic mass is 10.4. The third-order valence-electron chi connectivity index (χ3n) is 1.64. The molecule has 0 spiro atoms. The minimum Gasteiger partial charge on any atom is -0.369 e. The van der Waals surface area contributed by atoms with E-state index in [0.717, 1.165) is 4.31 Å². The highest BCUT2D eigenvalue weighted by Crippen LogP contribution is 2.02. The first-order valence-electron chi connectivity index (χ1n) is 4.18. The van der Waals surface area contributed by atoms with Crippen LogP contribution in [0.1, 0.15) is 12.8 Å². The van der Waals surface area contributed by atoms with Gasteiger partial charge < -0.3 is 5.73 Å². The van der Waals surface area contributed by atoms with E-state index in [1.807, 2.05) is 0 Å². The highest BCUT2D eigenvalue weighted by atomic mass is 35.5. The molecule has 5 nitrogen and oxygen atoms in total. The van der Waals surface area contributed by atoms with E-state index in [2.05, 4.69) is 0 Å². The van der Waals surface area contributed by atoms with Gasteiger partial charge in [-0.3, -0.25) is 4.79 Å². The van der Waals surface area contributed by atoms with Crippen LogP contribution >= 0.6 is 11.6 Å². The van der Waals surface area contributed by atoms with Crippen molar-refractivity contribution in [3.05, 3.63) is 0 Å². The van der Waals surface area contributed by atoms with Crippen molar-refractivity contribution in [1.29, 1.82) is 0 Å². The van der Waals surface area contributed by atoms with Gasteiger partial charge in [0.1, 0.15) is 0 Å². The highest BCUT2D eigenvalue weighted by Gasteiger charge is 2.18. The van der Waals surface area contributed by atoms with Crippen LogP contribution in [0.15, 0.2) is 0 Å². The van der Waals surface area contributed by atoms with E-state index in [1.54, 1.807) is 0 Å². The van der Waals surface area contributed by atoms with Crippen molar-refractivity contribution < 1.29 is 13.2 Å². The Kier molecular flexibility index (Phi) is 6.06. The van der Waals surface area contributed by atoms with Crippen LogP contribution in [0.25, 0.3) is 0 Å². The summed E-state index contributed by atoms with van der Waals surface area (Å²) in [7, 11) is -2.02. The van der Waals surface area contributed by atoms with E-state index in [-0.39, 0.29) is 12.3 Å². The van der Waals surface area contributed by atoms with Gasteiger partial charge in [-0.15, -0.1) is 11.6 Å². The van der Waals surface area contributed by atoms with E-state index in [4.69, 9.17) is 17.3 Å². The van der Waals surface area contributed by atoms with Gasteiger partial charge in [0.2, 0.25) is 15.9 Å². The number of amides is 1. The predicted octanol–water partition coefficient (Wildman–Crippen LogP) is -0.248. The molecule has 7 heteroatoms. The molecule has 0 aliphatic carbocycles. The molecule has 0 saturated heterocycles. The van der Waals surface area contributed by atoms with Gasteiger partial charge in [0, 0.05) is 12.9 Å². The Hall–Kier alpha value is -0.330. The van der Waals surface area contributed by atoms with Crippen molar-refractivity contribution in [2.75, 3.05) is 25.2 Å². The summed E-state index contributed by atoms with van der Waals surface area (Å²) in [4.78, 5) is 10.5. The Labute approximate surface area is 89.3 Å². The van der Waals surface area contributed by atoms with Crippen molar-refractivity contribution in [1.82, 2.24) is 4.31 Å². The summed E-state index contributed by atoms with van der Waals surface area (Å²) in [5, 5.41) is 0. The zero-order valence-corrected chi connectivity index (χ0v) is 9.64. The second-order valence-electron chi connectivity index (χ2n) is 2.93. The van der Waals surface area contributed by atoms with E-state index >= 15 is 0 Å². The number of carbonyl (C=O) groups excluding carboxylic acids is 1. The predicted molar refractivity (Wildman–Crippen MR) is 55.6 cm³/mol. The van der Waals surface area contributed by atoms with E-state index in [0.29, 0.717) is 18.7 Å². The van der Waals surface area contributed by atoms with Gasteiger partial charge in [-0.2, -0.15) is 4.31 Å². The number of nitrogens with zero attached hydrogens (tertiary/aromatic N) is 1. The second kappa shape index (κ2) is 6.21. The molecule has 2 N–H and O–H groups in total. The number of unbranched alkanes of at least 4 members (excludes halogenated alkanes) is 1. The first kappa shape index (κ1) is 13.7. The number of nitrogens with two attached hydrogens (primary N) is 1. The van der Waals surface area contributed by atoms with Crippen LogP contribution in [-0.2, 0) is 14.8 Å². The minimum absolute atomic E-state index is 0.00347. The number of alkyl halides is 1. The van der Waals surface area contributed by atoms with E-state index < -0.39 is 15.9 Å². The summed E-state index contributed by atoms with van der Waals surface area (Å²) in [6.07, 6.45) is 1.14. The van der Waals surface area contributed by atoms with Gasteiger partial charge in [0.05, 0.1) is 12.3 Å². The van der Waals surface area contributed by atoms with Crippen LogP contribution in [0.2, 0.25) is 0 Å². The smallest absolute Gasteiger partial charge is 0.232 e. The van der Waals surface area contributed by atoms with Crippen molar-refractivity contribution in [3.8, 4) is 0 Å². The number of primary amides is 1. The quantitative estimate of drug-likeness (QED) is 0.494. The lowest BCUT2D eigenvalue weighted by Gasteiger charge is -2.14. The maximum absolute atomic E-state index is 11.4. The zero-order valence-electron chi connectivity index (χ0n) is 8.07. The molecular formula is C7H15ClN2O3S. The molecule has 0 saturated carbocycles. The first-order chi connectivity index (χ1) is 6.40. The summed E-state index contributed by atoms with van der Waals surface area (Å²) in [5.41, 5.74) is 4.88. The number of hydrogen-bond acceptors (Lipinski definition) is 3. The van der Waals surface area contributed by atoms with Crippen LogP contribution in [0.3, 0.4) is 0 Å². The lowest BCUT2D eigenvalue weighted by Crippen LogP contribution is -2.36. The topological polar surface area (TPSA) is 80.5 Å². The average Bonchev–Trinajstić information content (AvgIpc) is 2.03. The molecule has 0 aromatic rings. The van der Waals surface area contributed by atoms with E-state index in [1.165, 1.54) is 7.05 Å². The third kappa shape index (κ3) is 5.41. The molecule has 0 aliphatic heterocycles. The Balaban J connectivity index is 4.10. The van der Waals surface area contributed by atoms with Gasteiger partial charge in [0.15, 0.2) is 0 Å². The largest absolute Gasteiger partial charge is 0.369 e. The molecule has 0 fully saturated rings. The number of hydrogen-bond donors (Lipinski definition) is 1. The molecule has 0 aromatic carbocycles. The Bertz CT molecular complexity index is 279. The summed E-state index contributed by atoms with van der Waals surface area (Å²) < 4.78 is 23.8. The second-order valence-corrected chi connectivity index (χ2v) is 5.51.